The highest BCUT2D eigenvalue weighted by Gasteiger charge is 2.41. The molecule has 5 rings (SSSR count). The predicted octanol–water partition coefficient (Wildman–Crippen LogP) is 4.41. The van der Waals surface area contributed by atoms with Gasteiger partial charge in [0.15, 0.2) is 5.65 Å². The van der Waals surface area contributed by atoms with Crippen molar-refractivity contribution in [3.05, 3.63) is 53.6 Å². The molecule has 2 aromatic heterocycles. The summed E-state index contributed by atoms with van der Waals surface area (Å²) in [6.07, 6.45) is 5.13. The van der Waals surface area contributed by atoms with E-state index in [4.69, 9.17) is 15.8 Å². The van der Waals surface area contributed by atoms with Crippen LogP contribution in [0.5, 0.6) is 0 Å². The zero-order valence-electron chi connectivity index (χ0n) is 23.6. The van der Waals surface area contributed by atoms with Gasteiger partial charge in [-0.25, -0.2) is 13.9 Å². The van der Waals surface area contributed by atoms with Gasteiger partial charge in [0.05, 0.1) is 17.4 Å². The standard InChI is InChI=1S/C30H39FN6O2/c1-29(2,3)23-16-24(19-6-10-21(31)11-7-19)34-37-17-25(33-26(23)37)28(39)36-15-14-35(18-30(36,4)5)27(38)20-8-12-22(32)13-9-20/h6-7,10-11,16-17,20,22H,8-9,12-15,18,32H2,1-5H3/t20-,22+. The van der Waals surface area contributed by atoms with Crippen LogP contribution >= 0.6 is 0 Å². The molecule has 2 amide bonds. The molecule has 1 aromatic carbocycles. The van der Waals surface area contributed by atoms with Crippen LogP contribution < -0.4 is 5.73 Å². The number of hydrogen-bond acceptors (Lipinski definition) is 5. The number of carbonyl (C=O) groups excluding carboxylic acids is 2. The van der Waals surface area contributed by atoms with Gasteiger partial charge in [0, 0.05) is 42.7 Å². The van der Waals surface area contributed by atoms with Gasteiger partial charge in [-0.05, 0) is 75.3 Å². The molecular formula is C30H39FN6O2. The number of hydrogen-bond donors (Lipinski definition) is 1. The number of nitrogens with zero attached hydrogens (tertiary/aromatic N) is 5. The lowest BCUT2D eigenvalue weighted by Crippen LogP contribution is -2.62. The molecule has 1 saturated carbocycles. The average Bonchev–Trinajstić information content (AvgIpc) is 3.31. The first-order chi connectivity index (χ1) is 18.3. The summed E-state index contributed by atoms with van der Waals surface area (Å²) in [5.41, 5.74) is 8.57. The number of imidazole rings is 1. The topological polar surface area (TPSA) is 96.8 Å². The summed E-state index contributed by atoms with van der Waals surface area (Å²) in [6, 6.07) is 8.39. The van der Waals surface area contributed by atoms with Crippen LogP contribution in [-0.4, -0.2) is 67.4 Å². The van der Waals surface area contributed by atoms with Crippen LogP contribution in [0.3, 0.4) is 0 Å². The number of amides is 2. The Kier molecular flexibility index (Phi) is 6.99. The Labute approximate surface area is 229 Å². The first-order valence-corrected chi connectivity index (χ1v) is 13.9. The van der Waals surface area contributed by atoms with E-state index in [0.29, 0.717) is 36.7 Å². The highest BCUT2D eigenvalue weighted by atomic mass is 19.1. The largest absolute Gasteiger partial charge is 0.338 e. The molecular weight excluding hydrogens is 495 g/mol. The van der Waals surface area contributed by atoms with Gasteiger partial charge in [0.25, 0.3) is 5.91 Å². The molecule has 0 unspecified atom stereocenters. The second-order valence-electron chi connectivity index (χ2n) is 12.7. The van der Waals surface area contributed by atoms with E-state index in [1.165, 1.54) is 12.1 Å². The molecule has 1 saturated heterocycles. The van der Waals surface area contributed by atoms with Crippen molar-refractivity contribution in [2.24, 2.45) is 11.7 Å². The number of halogens is 1. The molecule has 2 fully saturated rings. The van der Waals surface area contributed by atoms with E-state index in [0.717, 1.165) is 36.8 Å². The number of aromatic nitrogens is 3. The van der Waals surface area contributed by atoms with Crippen molar-refractivity contribution in [3.63, 3.8) is 0 Å². The van der Waals surface area contributed by atoms with E-state index >= 15 is 0 Å². The fraction of sp³-hybridized carbons (Fsp3) is 0.533. The highest BCUT2D eigenvalue weighted by Crippen LogP contribution is 2.32. The Morgan fingerprint density at radius 2 is 1.72 bits per heavy atom. The molecule has 3 aromatic rings. The summed E-state index contributed by atoms with van der Waals surface area (Å²) in [7, 11) is 0. The number of fused-ring (bicyclic) bond motifs is 1. The van der Waals surface area contributed by atoms with Crippen molar-refractivity contribution in [3.8, 4) is 11.3 Å². The summed E-state index contributed by atoms with van der Waals surface area (Å²) in [6.45, 7) is 11.7. The summed E-state index contributed by atoms with van der Waals surface area (Å²) < 4.78 is 15.2. The second-order valence-corrected chi connectivity index (χ2v) is 12.7. The number of nitrogens with two attached hydrogens (primary N) is 1. The van der Waals surface area contributed by atoms with Crippen molar-refractivity contribution >= 4 is 17.5 Å². The lowest BCUT2D eigenvalue weighted by molar-refractivity contribution is -0.140. The second kappa shape index (κ2) is 10.0. The van der Waals surface area contributed by atoms with Gasteiger partial charge < -0.3 is 15.5 Å². The molecule has 8 nitrogen and oxygen atoms in total. The number of piperazine rings is 1. The molecule has 208 valence electrons. The monoisotopic (exact) mass is 534 g/mol. The minimum Gasteiger partial charge on any atom is -0.338 e. The Morgan fingerprint density at radius 3 is 2.33 bits per heavy atom. The van der Waals surface area contributed by atoms with E-state index in [1.54, 1.807) is 22.8 Å². The Hall–Kier alpha value is -3.33. The third-order valence-electron chi connectivity index (χ3n) is 8.17. The Balaban J connectivity index is 1.41. The number of carbonyl (C=O) groups is 2. The molecule has 1 aliphatic heterocycles. The number of rotatable bonds is 3. The summed E-state index contributed by atoms with van der Waals surface area (Å²) in [4.78, 5) is 35.6. The van der Waals surface area contributed by atoms with E-state index in [1.807, 2.05) is 29.7 Å². The SMILES string of the molecule is CC(C)(C)c1cc(-c2ccc(F)cc2)nn2cc(C(=O)N3CCN(C(=O)[C@H]4CC[C@@H](N)CC4)CC3(C)C)nc12. The first kappa shape index (κ1) is 27.2. The van der Waals surface area contributed by atoms with Crippen LogP contribution in [0.15, 0.2) is 36.5 Å². The van der Waals surface area contributed by atoms with E-state index in [9.17, 15) is 14.0 Å². The van der Waals surface area contributed by atoms with Gasteiger partial charge in [-0.1, -0.05) is 20.8 Å². The maximum atomic E-state index is 13.8. The third-order valence-corrected chi connectivity index (χ3v) is 8.17. The third kappa shape index (κ3) is 5.41. The molecule has 0 atom stereocenters. The van der Waals surface area contributed by atoms with Gasteiger partial charge in [-0.2, -0.15) is 5.10 Å². The molecule has 1 aliphatic carbocycles. The average molecular weight is 535 g/mol. The van der Waals surface area contributed by atoms with Crippen molar-refractivity contribution in [1.82, 2.24) is 24.4 Å². The normalized spacial score (nSPS) is 21.8. The summed E-state index contributed by atoms with van der Waals surface area (Å²) >= 11 is 0. The van der Waals surface area contributed by atoms with Gasteiger partial charge in [-0.3, -0.25) is 9.59 Å². The molecule has 9 heteroatoms. The molecule has 2 aliphatic rings. The van der Waals surface area contributed by atoms with Crippen LogP contribution in [0.25, 0.3) is 16.9 Å². The van der Waals surface area contributed by atoms with Crippen LogP contribution in [0.4, 0.5) is 4.39 Å². The van der Waals surface area contributed by atoms with Crippen molar-refractivity contribution in [2.75, 3.05) is 19.6 Å². The molecule has 0 spiro atoms. The lowest BCUT2D eigenvalue weighted by Gasteiger charge is -2.47. The fourth-order valence-electron chi connectivity index (χ4n) is 5.88. The zero-order chi connectivity index (χ0) is 28.1. The highest BCUT2D eigenvalue weighted by molar-refractivity contribution is 5.94. The van der Waals surface area contributed by atoms with Gasteiger partial charge in [0.1, 0.15) is 11.5 Å². The van der Waals surface area contributed by atoms with Gasteiger partial charge in [0.2, 0.25) is 5.91 Å². The molecule has 2 N–H and O–H groups in total. The van der Waals surface area contributed by atoms with Crippen molar-refractivity contribution in [1.29, 1.82) is 0 Å². The maximum absolute atomic E-state index is 13.8. The minimum atomic E-state index is -0.550. The molecule has 3 heterocycles. The minimum absolute atomic E-state index is 0.0264. The van der Waals surface area contributed by atoms with Crippen molar-refractivity contribution in [2.45, 2.75) is 77.3 Å². The fourth-order valence-corrected chi connectivity index (χ4v) is 5.88. The van der Waals surface area contributed by atoms with Crippen LogP contribution in [0, 0.1) is 11.7 Å². The van der Waals surface area contributed by atoms with Crippen LogP contribution in [0.1, 0.15) is 76.4 Å². The molecule has 0 radical (unpaired) electrons. The van der Waals surface area contributed by atoms with Crippen LogP contribution in [-0.2, 0) is 10.2 Å². The molecule has 0 bridgehead atoms. The van der Waals surface area contributed by atoms with Gasteiger partial charge in [-0.15, -0.1) is 0 Å². The van der Waals surface area contributed by atoms with Crippen LogP contribution in [0.2, 0.25) is 0 Å². The lowest BCUT2D eigenvalue weighted by atomic mass is 9.85. The zero-order valence-corrected chi connectivity index (χ0v) is 23.6. The van der Waals surface area contributed by atoms with Crippen molar-refractivity contribution < 1.29 is 14.0 Å². The summed E-state index contributed by atoms with van der Waals surface area (Å²) in [5, 5.41) is 4.73. The quantitative estimate of drug-likeness (QED) is 0.537. The smallest absolute Gasteiger partial charge is 0.274 e. The predicted molar refractivity (Wildman–Crippen MR) is 149 cm³/mol. The molecule has 39 heavy (non-hydrogen) atoms. The van der Waals surface area contributed by atoms with E-state index in [2.05, 4.69) is 20.8 Å². The number of benzene rings is 1. The maximum Gasteiger partial charge on any atom is 0.274 e. The van der Waals surface area contributed by atoms with E-state index in [-0.39, 0.29) is 35.0 Å². The Bertz CT molecular complexity index is 1380. The summed E-state index contributed by atoms with van der Waals surface area (Å²) in [5.74, 6) is -0.274. The van der Waals surface area contributed by atoms with E-state index < -0.39 is 5.54 Å². The van der Waals surface area contributed by atoms with Gasteiger partial charge >= 0.3 is 0 Å². The first-order valence-electron chi connectivity index (χ1n) is 13.9. The Morgan fingerprint density at radius 1 is 1.05 bits per heavy atom.